The van der Waals surface area contributed by atoms with Gasteiger partial charge in [0.05, 0.1) is 12.5 Å². The normalized spacial score (nSPS) is 11.4. The molecule has 0 fully saturated rings. The first kappa shape index (κ1) is 13.4. The Balaban J connectivity index is 1.80. The average Bonchev–Trinajstić information content (AvgIpc) is 3.11. The molecule has 2 N–H and O–H groups in total. The Morgan fingerprint density at radius 2 is 2.24 bits per heavy atom. The highest BCUT2D eigenvalue weighted by Gasteiger charge is 2.15. The van der Waals surface area contributed by atoms with Gasteiger partial charge in [0.15, 0.2) is 0 Å². The maximum atomic E-state index is 12.1. The number of imidazole rings is 1. The van der Waals surface area contributed by atoms with E-state index in [0.29, 0.717) is 12.2 Å². The predicted molar refractivity (Wildman–Crippen MR) is 77.2 cm³/mol. The van der Waals surface area contributed by atoms with Crippen LogP contribution in [0.2, 0.25) is 0 Å². The molecule has 2 aromatic heterocycles. The summed E-state index contributed by atoms with van der Waals surface area (Å²) in [6.45, 7) is 0.626. The van der Waals surface area contributed by atoms with Gasteiger partial charge in [0.1, 0.15) is 4.90 Å². The van der Waals surface area contributed by atoms with Gasteiger partial charge in [-0.1, -0.05) is 12.1 Å². The van der Waals surface area contributed by atoms with Crippen molar-refractivity contribution in [3.8, 4) is 0 Å². The summed E-state index contributed by atoms with van der Waals surface area (Å²) in [4.78, 5) is 4.07. The summed E-state index contributed by atoms with van der Waals surface area (Å²) in [5.41, 5.74) is 1.48. The Bertz CT molecular complexity index is 810. The van der Waals surface area contributed by atoms with E-state index >= 15 is 0 Å². The second-order valence-electron chi connectivity index (χ2n) is 4.47. The van der Waals surface area contributed by atoms with Gasteiger partial charge < -0.3 is 4.57 Å². The van der Waals surface area contributed by atoms with Crippen LogP contribution in [0.15, 0.2) is 60.3 Å². The molecule has 0 unspecified atom stereocenters. The topological polar surface area (TPSA) is 92.7 Å². The molecule has 21 heavy (non-hydrogen) atoms. The molecule has 0 saturated heterocycles. The maximum absolute atomic E-state index is 12.1. The van der Waals surface area contributed by atoms with Gasteiger partial charge in [0.25, 0.3) is 10.0 Å². The van der Waals surface area contributed by atoms with Gasteiger partial charge in [-0.2, -0.15) is 5.10 Å². The molecule has 0 aliphatic heterocycles. The highest BCUT2D eigenvalue weighted by atomic mass is 32.2. The quantitative estimate of drug-likeness (QED) is 0.746. The smallest absolute Gasteiger partial charge is 0.265 e. The minimum absolute atomic E-state index is 0.0995. The molecule has 0 atom stereocenters. The number of sulfonamides is 1. The van der Waals surface area contributed by atoms with Gasteiger partial charge >= 0.3 is 0 Å². The number of anilines is 1. The lowest BCUT2D eigenvalue weighted by Crippen LogP contribution is -2.12. The molecule has 3 rings (SSSR count). The molecule has 0 aliphatic carbocycles. The fourth-order valence-corrected chi connectivity index (χ4v) is 2.88. The monoisotopic (exact) mass is 303 g/mol. The number of aromatic amines is 1. The number of aromatic nitrogens is 4. The van der Waals surface area contributed by atoms with E-state index in [0.717, 1.165) is 5.56 Å². The third kappa shape index (κ3) is 3.11. The first-order valence-electron chi connectivity index (χ1n) is 6.20. The summed E-state index contributed by atoms with van der Waals surface area (Å²) >= 11 is 0. The lowest BCUT2D eigenvalue weighted by atomic mass is 10.2. The van der Waals surface area contributed by atoms with Crippen molar-refractivity contribution in [1.82, 2.24) is 19.7 Å². The van der Waals surface area contributed by atoms with E-state index in [1.165, 1.54) is 12.4 Å². The van der Waals surface area contributed by atoms with Crippen molar-refractivity contribution >= 4 is 15.7 Å². The Hall–Kier alpha value is -2.61. The zero-order chi connectivity index (χ0) is 14.7. The first-order valence-corrected chi connectivity index (χ1v) is 7.68. The van der Waals surface area contributed by atoms with Crippen molar-refractivity contribution in [2.24, 2.45) is 0 Å². The van der Waals surface area contributed by atoms with Gasteiger partial charge in [-0.15, -0.1) is 0 Å². The third-order valence-electron chi connectivity index (χ3n) is 2.89. The summed E-state index contributed by atoms with van der Waals surface area (Å²) in [6, 6.07) is 7.22. The number of rotatable bonds is 5. The van der Waals surface area contributed by atoms with Crippen molar-refractivity contribution in [2.45, 2.75) is 11.4 Å². The van der Waals surface area contributed by atoms with Crippen LogP contribution in [0.25, 0.3) is 0 Å². The Morgan fingerprint density at radius 1 is 1.33 bits per heavy atom. The van der Waals surface area contributed by atoms with Gasteiger partial charge in [0, 0.05) is 30.8 Å². The number of hydrogen-bond acceptors (Lipinski definition) is 4. The molecule has 108 valence electrons. The number of nitrogens with one attached hydrogen (secondary N) is 2. The molecular formula is C13H13N5O2S. The van der Waals surface area contributed by atoms with E-state index in [2.05, 4.69) is 19.9 Å². The van der Waals surface area contributed by atoms with Crippen molar-refractivity contribution in [3.05, 3.63) is 60.9 Å². The zero-order valence-corrected chi connectivity index (χ0v) is 11.8. The minimum Gasteiger partial charge on any atom is -0.333 e. The van der Waals surface area contributed by atoms with Crippen molar-refractivity contribution in [1.29, 1.82) is 0 Å². The van der Waals surface area contributed by atoms with Crippen LogP contribution in [0.1, 0.15) is 5.56 Å². The van der Waals surface area contributed by atoms with Crippen LogP contribution in [-0.2, 0) is 16.6 Å². The fraction of sp³-hybridized carbons (Fsp3) is 0.0769. The predicted octanol–water partition coefficient (Wildman–Crippen LogP) is 1.46. The maximum Gasteiger partial charge on any atom is 0.265 e. The number of benzene rings is 1. The van der Waals surface area contributed by atoms with Crippen LogP contribution in [0, 0.1) is 0 Å². The van der Waals surface area contributed by atoms with Crippen molar-refractivity contribution < 1.29 is 8.42 Å². The molecule has 8 heteroatoms. The first-order chi connectivity index (χ1) is 10.1. The van der Waals surface area contributed by atoms with Crippen molar-refractivity contribution in [2.75, 3.05) is 4.72 Å². The van der Waals surface area contributed by atoms with Crippen LogP contribution in [-0.4, -0.2) is 28.2 Å². The second-order valence-corrected chi connectivity index (χ2v) is 6.16. The molecule has 0 saturated carbocycles. The van der Waals surface area contributed by atoms with Crippen molar-refractivity contribution in [3.63, 3.8) is 0 Å². The Labute approximate surface area is 121 Å². The summed E-state index contributed by atoms with van der Waals surface area (Å²) in [7, 11) is -3.61. The summed E-state index contributed by atoms with van der Waals surface area (Å²) in [5, 5.41) is 6.13. The fourth-order valence-electron chi connectivity index (χ4n) is 1.92. The number of nitrogens with zero attached hydrogens (tertiary/aromatic N) is 3. The van der Waals surface area contributed by atoms with Gasteiger partial charge in [-0.05, 0) is 17.7 Å². The van der Waals surface area contributed by atoms with Crippen LogP contribution in [0.5, 0.6) is 0 Å². The molecule has 3 aromatic rings. The van der Waals surface area contributed by atoms with E-state index in [-0.39, 0.29) is 4.90 Å². The van der Waals surface area contributed by atoms with Gasteiger partial charge in [0.2, 0.25) is 0 Å². The van der Waals surface area contributed by atoms with E-state index in [1.54, 1.807) is 30.7 Å². The lowest BCUT2D eigenvalue weighted by Gasteiger charge is -2.08. The molecule has 2 heterocycles. The van der Waals surface area contributed by atoms with E-state index < -0.39 is 10.0 Å². The molecule has 0 bridgehead atoms. The molecule has 0 aliphatic rings. The Kier molecular flexibility index (Phi) is 3.44. The van der Waals surface area contributed by atoms with E-state index in [4.69, 9.17) is 0 Å². The average molecular weight is 303 g/mol. The largest absolute Gasteiger partial charge is 0.333 e. The summed E-state index contributed by atoms with van der Waals surface area (Å²) in [6.07, 6.45) is 7.85. The third-order valence-corrected chi connectivity index (χ3v) is 4.24. The second kappa shape index (κ2) is 5.41. The van der Waals surface area contributed by atoms with E-state index in [9.17, 15) is 8.42 Å². The summed E-state index contributed by atoms with van der Waals surface area (Å²) < 4.78 is 28.6. The highest BCUT2D eigenvalue weighted by Crippen LogP contribution is 2.16. The Morgan fingerprint density at radius 3 is 2.95 bits per heavy atom. The molecule has 7 nitrogen and oxygen atoms in total. The standard InChI is InChI=1S/C13H13N5O2S/c19-21(20,13-7-15-16-8-13)17-12-3-1-2-11(6-12)9-18-5-4-14-10-18/h1-8,10,17H,9H2,(H,15,16). The number of H-pyrrole nitrogens is 1. The van der Waals surface area contributed by atoms with Crippen LogP contribution in [0.3, 0.4) is 0 Å². The molecule has 1 aromatic carbocycles. The molecule has 0 amide bonds. The van der Waals surface area contributed by atoms with E-state index in [1.807, 2.05) is 16.8 Å². The number of hydrogen-bond donors (Lipinski definition) is 2. The summed E-state index contributed by atoms with van der Waals surface area (Å²) in [5.74, 6) is 0. The van der Waals surface area contributed by atoms with Crippen LogP contribution < -0.4 is 4.72 Å². The van der Waals surface area contributed by atoms with Crippen LogP contribution >= 0.6 is 0 Å². The zero-order valence-electron chi connectivity index (χ0n) is 11.0. The molecular weight excluding hydrogens is 290 g/mol. The van der Waals surface area contributed by atoms with Gasteiger partial charge in [-0.3, -0.25) is 9.82 Å². The highest BCUT2D eigenvalue weighted by molar-refractivity contribution is 7.92. The van der Waals surface area contributed by atoms with Crippen LogP contribution in [0.4, 0.5) is 5.69 Å². The SMILES string of the molecule is O=S(=O)(Nc1cccc(Cn2ccnc2)c1)c1cn[nH]c1. The van der Waals surface area contributed by atoms with Gasteiger partial charge in [-0.25, -0.2) is 13.4 Å². The minimum atomic E-state index is -3.61. The molecule has 0 spiro atoms. The molecule has 0 radical (unpaired) electrons. The lowest BCUT2D eigenvalue weighted by molar-refractivity contribution is 0.601.